The van der Waals surface area contributed by atoms with E-state index in [0.717, 1.165) is 18.5 Å². The summed E-state index contributed by atoms with van der Waals surface area (Å²) >= 11 is 0. The van der Waals surface area contributed by atoms with Crippen LogP contribution in [0.25, 0.3) is 0 Å². The number of fused-ring (bicyclic) bond motifs is 1. The van der Waals surface area contributed by atoms with Crippen LogP contribution < -0.4 is 0 Å². The van der Waals surface area contributed by atoms with Crippen LogP contribution in [0.4, 0.5) is 0 Å². The summed E-state index contributed by atoms with van der Waals surface area (Å²) in [6.07, 6.45) is 8.70. The third-order valence-corrected chi connectivity index (χ3v) is 4.84. The van der Waals surface area contributed by atoms with Crippen molar-refractivity contribution >= 4 is 0 Å². The Morgan fingerprint density at radius 2 is 2.18 bits per heavy atom. The van der Waals surface area contributed by atoms with Gasteiger partial charge in [-0.2, -0.15) is 0 Å². The molecule has 17 heavy (non-hydrogen) atoms. The first kappa shape index (κ1) is 11.2. The molecule has 0 spiro atoms. The number of nitrogens with zero attached hydrogens (tertiary/aromatic N) is 1. The lowest BCUT2D eigenvalue weighted by molar-refractivity contribution is 0.0186. The van der Waals surface area contributed by atoms with Crippen LogP contribution in [0, 0.1) is 5.41 Å². The van der Waals surface area contributed by atoms with Gasteiger partial charge in [0.05, 0.1) is 6.10 Å². The molecule has 2 heteroatoms. The van der Waals surface area contributed by atoms with Gasteiger partial charge >= 0.3 is 0 Å². The van der Waals surface area contributed by atoms with Crippen molar-refractivity contribution in [2.75, 3.05) is 0 Å². The van der Waals surface area contributed by atoms with Gasteiger partial charge in [0.25, 0.3) is 0 Å². The van der Waals surface area contributed by atoms with Gasteiger partial charge < -0.3 is 5.11 Å². The molecule has 1 N–H and O–H groups in total. The Bertz CT molecular complexity index is 409. The maximum atomic E-state index is 10.7. The van der Waals surface area contributed by atoms with E-state index < -0.39 is 0 Å². The monoisotopic (exact) mass is 231 g/mol. The van der Waals surface area contributed by atoms with E-state index in [1.807, 2.05) is 12.3 Å². The predicted octanol–water partition coefficient (Wildman–Crippen LogP) is 3.05. The molecule has 0 saturated heterocycles. The van der Waals surface area contributed by atoms with Gasteiger partial charge in [-0.25, -0.2) is 0 Å². The highest BCUT2D eigenvalue weighted by molar-refractivity contribution is 5.30. The Kier molecular flexibility index (Phi) is 2.70. The van der Waals surface area contributed by atoms with E-state index in [1.165, 1.54) is 31.2 Å². The number of hydrogen-bond acceptors (Lipinski definition) is 2. The topological polar surface area (TPSA) is 33.1 Å². The lowest BCUT2D eigenvalue weighted by Crippen LogP contribution is -2.34. The molecule has 0 aromatic carbocycles. The van der Waals surface area contributed by atoms with Gasteiger partial charge in [0.2, 0.25) is 0 Å². The smallest absolute Gasteiger partial charge is 0.0677 e. The van der Waals surface area contributed by atoms with E-state index in [1.54, 1.807) is 0 Å². The lowest BCUT2D eigenvalue weighted by Gasteiger charge is -2.34. The van der Waals surface area contributed by atoms with Crippen LogP contribution in [0.1, 0.15) is 56.2 Å². The Labute approximate surface area is 103 Å². The average Bonchev–Trinajstić information content (AvgIpc) is 2.95. The molecule has 92 valence electrons. The fraction of sp³-hybridized carbons (Fsp3) is 0.667. The summed E-state index contributed by atoms with van der Waals surface area (Å²) in [7, 11) is 0. The van der Waals surface area contributed by atoms with Gasteiger partial charge in [0.1, 0.15) is 0 Å². The first-order chi connectivity index (χ1) is 8.21. The number of aliphatic hydroxyl groups excluding tert-OH is 1. The minimum Gasteiger partial charge on any atom is -0.392 e. The van der Waals surface area contributed by atoms with E-state index in [4.69, 9.17) is 0 Å². The highest BCUT2D eigenvalue weighted by Crippen LogP contribution is 2.47. The van der Waals surface area contributed by atoms with Gasteiger partial charge in [-0.1, -0.05) is 25.8 Å². The zero-order valence-corrected chi connectivity index (χ0v) is 10.5. The molecule has 0 aliphatic heterocycles. The summed E-state index contributed by atoms with van der Waals surface area (Å²) in [5, 5.41) is 10.7. The van der Waals surface area contributed by atoms with Crippen LogP contribution in [0.3, 0.4) is 0 Å². The van der Waals surface area contributed by atoms with Crippen LogP contribution >= 0.6 is 0 Å². The van der Waals surface area contributed by atoms with Crippen molar-refractivity contribution in [2.24, 2.45) is 5.41 Å². The summed E-state index contributed by atoms with van der Waals surface area (Å²) in [6, 6.07) is 4.16. The van der Waals surface area contributed by atoms with Gasteiger partial charge in [0.15, 0.2) is 0 Å². The Hall–Kier alpha value is -0.890. The quantitative estimate of drug-likeness (QED) is 0.848. The molecule has 2 atom stereocenters. The largest absolute Gasteiger partial charge is 0.392 e. The van der Waals surface area contributed by atoms with E-state index >= 15 is 0 Å². The number of rotatable bonds is 2. The number of aromatic nitrogens is 1. The van der Waals surface area contributed by atoms with Crippen LogP contribution in [0.15, 0.2) is 18.3 Å². The predicted molar refractivity (Wildman–Crippen MR) is 67.9 cm³/mol. The molecular formula is C15H21NO. The molecule has 2 nitrogen and oxygen atoms in total. The fourth-order valence-electron chi connectivity index (χ4n) is 3.72. The molecule has 2 aliphatic carbocycles. The van der Waals surface area contributed by atoms with Crippen molar-refractivity contribution in [1.29, 1.82) is 0 Å². The van der Waals surface area contributed by atoms with E-state index in [9.17, 15) is 5.11 Å². The molecule has 0 amide bonds. The Morgan fingerprint density at radius 1 is 1.41 bits per heavy atom. The third-order valence-electron chi connectivity index (χ3n) is 4.84. The van der Waals surface area contributed by atoms with Gasteiger partial charge in [-0.05, 0) is 42.7 Å². The lowest BCUT2D eigenvalue weighted by atomic mass is 9.75. The number of aryl methyl sites for hydroxylation is 1. The zero-order valence-electron chi connectivity index (χ0n) is 10.5. The minimum atomic E-state index is -0.207. The van der Waals surface area contributed by atoms with E-state index in [-0.39, 0.29) is 17.4 Å². The molecule has 1 heterocycles. The maximum absolute atomic E-state index is 10.7. The van der Waals surface area contributed by atoms with Crippen molar-refractivity contribution in [2.45, 2.75) is 57.5 Å². The van der Waals surface area contributed by atoms with Gasteiger partial charge in [0, 0.05) is 17.8 Å². The third kappa shape index (κ3) is 1.79. The molecule has 0 bridgehead atoms. The van der Waals surface area contributed by atoms with Crippen molar-refractivity contribution in [3.8, 4) is 0 Å². The van der Waals surface area contributed by atoms with Crippen LogP contribution in [-0.4, -0.2) is 16.2 Å². The average molecular weight is 231 g/mol. The molecular weight excluding hydrogens is 210 g/mol. The summed E-state index contributed by atoms with van der Waals surface area (Å²) in [5.41, 5.74) is 2.63. The highest BCUT2D eigenvalue weighted by atomic mass is 16.3. The van der Waals surface area contributed by atoms with Gasteiger partial charge in [-0.15, -0.1) is 0 Å². The minimum absolute atomic E-state index is 0.129. The molecule has 1 aromatic rings. The number of pyridine rings is 1. The molecule has 1 fully saturated rings. The normalized spacial score (nSPS) is 28.0. The Morgan fingerprint density at radius 3 is 2.94 bits per heavy atom. The van der Waals surface area contributed by atoms with Crippen LogP contribution in [-0.2, 0) is 6.42 Å². The number of aliphatic hydroxyl groups is 1. The van der Waals surface area contributed by atoms with Crippen molar-refractivity contribution in [3.63, 3.8) is 0 Å². The summed E-state index contributed by atoms with van der Waals surface area (Å²) < 4.78 is 0. The summed E-state index contributed by atoms with van der Waals surface area (Å²) in [5.74, 6) is 0.272. The second-order valence-corrected chi connectivity index (χ2v) is 6.00. The molecule has 1 aromatic heterocycles. The maximum Gasteiger partial charge on any atom is 0.0677 e. The molecule has 2 unspecified atom stereocenters. The molecule has 0 radical (unpaired) electrons. The molecule has 1 saturated carbocycles. The van der Waals surface area contributed by atoms with Gasteiger partial charge in [-0.3, -0.25) is 4.98 Å². The second kappa shape index (κ2) is 4.09. The molecule has 2 aliphatic rings. The first-order valence-electron chi connectivity index (χ1n) is 6.82. The highest BCUT2D eigenvalue weighted by Gasteiger charge is 2.43. The van der Waals surface area contributed by atoms with Crippen LogP contribution in [0.5, 0.6) is 0 Å². The van der Waals surface area contributed by atoms with E-state index in [0.29, 0.717) is 0 Å². The summed E-state index contributed by atoms with van der Waals surface area (Å²) in [4.78, 5) is 4.50. The first-order valence-corrected chi connectivity index (χ1v) is 6.82. The molecule has 3 rings (SSSR count). The fourth-order valence-corrected chi connectivity index (χ4v) is 3.72. The SMILES string of the molecule is CC1(C(O)C2CCc3cccnc32)CCCC1. The summed E-state index contributed by atoms with van der Waals surface area (Å²) in [6.45, 7) is 2.26. The van der Waals surface area contributed by atoms with E-state index in [2.05, 4.69) is 18.0 Å². The standard InChI is InChI=1S/C15H21NO/c1-15(8-2-3-9-15)14(17)12-7-6-11-5-4-10-16-13(11)12/h4-5,10,12,14,17H,2-3,6-9H2,1H3. The van der Waals surface area contributed by atoms with Crippen LogP contribution in [0.2, 0.25) is 0 Å². The zero-order chi connectivity index (χ0) is 11.9. The van der Waals surface area contributed by atoms with Crippen molar-refractivity contribution < 1.29 is 5.11 Å². The van der Waals surface area contributed by atoms with Crippen molar-refractivity contribution in [3.05, 3.63) is 29.6 Å². The Balaban J connectivity index is 1.86. The number of hydrogen-bond donors (Lipinski definition) is 1. The second-order valence-electron chi connectivity index (χ2n) is 6.00. The van der Waals surface area contributed by atoms with Crippen molar-refractivity contribution in [1.82, 2.24) is 4.98 Å².